The molecule has 1 saturated heterocycles. The SMILES string of the molecule is CC(C)N1CCC(N(C)C(=O)c2ccc(N)cn2)CC1. The summed E-state index contributed by atoms with van der Waals surface area (Å²) < 4.78 is 0. The number of carbonyl (C=O) groups excluding carboxylic acids is 1. The van der Waals surface area contributed by atoms with E-state index in [0.29, 0.717) is 23.5 Å². The average Bonchev–Trinajstić information content (AvgIpc) is 2.46. The van der Waals surface area contributed by atoms with Gasteiger partial charge >= 0.3 is 0 Å². The number of nitrogen functional groups attached to an aromatic ring is 1. The predicted octanol–water partition coefficient (Wildman–Crippen LogP) is 1.61. The van der Waals surface area contributed by atoms with Crippen LogP contribution < -0.4 is 5.73 Å². The first kappa shape index (κ1) is 14.8. The summed E-state index contributed by atoms with van der Waals surface area (Å²) >= 11 is 0. The average molecular weight is 276 g/mol. The molecule has 0 saturated carbocycles. The monoisotopic (exact) mass is 276 g/mol. The van der Waals surface area contributed by atoms with Gasteiger partial charge in [-0.3, -0.25) is 4.79 Å². The number of hydrogen-bond donors (Lipinski definition) is 1. The van der Waals surface area contributed by atoms with Crippen LogP contribution in [0.1, 0.15) is 37.2 Å². The Bertz CT molecular complexity index is 449. The number of carbonyl (C=O) groups is 1. The van der Waals surface area contributed by atoms with Gasteiger partial charge in [-0.1, -0.05) is 0 Å². The van der Waals surface area contributed by atoms with E-state index in [1.165, 1.54) is 6.20 Å². The highest BCUT2D eigenvalue weighted by Gasteiger charge is 2.27. The molecule has 20 heavy (non-hydrogen) atoms. The lowest BCUT2D eigenvalue weighted by atomic mass is 10.0. The number of anilines is 1. The van der Waals surface area contributed by atoms with E-state index in [2.05, 4.69) is 23.7 Å². The number of hydrogen-bond acceptors (Lipinski definition) is 4. The molecule has 2 N–H and O–H groups in total. The highest BCUT2D eigenvalue weighted by molar-refractivity contribution is 5.92. The van der Waals surface area contributed by atoms with Gasteiger partial charge < -0.3 is 15.5 Å². The van der Waals surface area contributed by atoms with Crippen molar-refractivity contribution in [2.45, 2.75) is 38.8 Å². The van der Waals surface area contributed by atoms with Crippen LogP contribution in [0, 0.1) is 0 Å². The number of nitrogens with zero attached hydrogens (tertiary/aromatic N) is 3. The van der Waals surface area contributed by atoms with Gasteiger partial charge in [0.2, 0.25) is 0 Å². The molecule has 1 aromatic rings. The standard InChI is InChI=1S/C15H24N4O/c1-11(2)19-8-6-13(7-9-19)18(3)15(20)14-5-4-12(16)10-17-14/h4-5,10-11,13H,6-9,16H2,1-3H3. The van der Waals surface area contributed by atoms with Crippen molar-refractivity contribution in [1.29, 1.82) is 0 Å². The zero-order valence-electron chi connectivity index (χ0n) is 12.5. The second kappa shape index (κ2) is 6.22. The van der Waals surface area contributed by atoms with Gasteiger partial charge in [0.25, 0.3) is 5.91 Å². The molecule has 1 aliphatic heterocycles. The van der Waals surface area contributed by atoms with Gasteiger partial charge in [-0.25, -0.2) is 4.98 Å². The van der Waals surface area contributed by atoms with Crippen molar-refractivity contribution >= 4 is 11.6 Å². The van der Waals surface area contributed by atoms with Crippen molar-refractivity contribution in [3.05, 3.63) is 24.0 Å². The summed E-state index contributed by atoms with van der Waals surface area (Å²) in [7, 11) is 1.87. The third-order valence-electron chi connectivity index (χ3n) is 4.10. The first-order valence-corrected chi connectivity index (χ1v) is 7.21. The number of amides is 1. The highest BCUT2D eigenvalue weighted by atomic mass is 16.2. The topological polar surface area (TPSA) is 62.5 Å². The van der Waals surface area contributed by atoms with Crippen LogP contribution in [-0.2, 0) is 0 Å². The Labute approximate surface area is 120 Å². The zero-order chi connectivity index (χ0) is 14.7. The molecule has 1 amide bonds. The number of aromatic nitrogens is 1. The first-order valence-electron chi connectivity index (χ1n) is 7.21. The van der Waals surface area contributed by atoms with Crippen molar-refractivity contribution in [1.82, 2.24) is 14.8 Å². The second-order valence-electron chi connectivity index (χ2n) is 5.75. The van der Waals surface area contributed by atoms with E-state index in [0.717, 1.165) is 25.9 Å². The maximum atomic E-state index is 12.4. The lowest BCUT2D eigenvalue weighted by Crippen LogP contribution is -2.47. The minimum absolute atomic E-state index is 0.0204. The van der Waals surface area contributed by atoms with Crippen molar-refractivity contribution in [3.63, 3.8) is 0 Å². The molecule has 5 nitrogen and oxygen atoms in total. The first-order chi connectivity index (χ1) is 9.49. The lowest BCUT2D eigenvalue weighted by Gasteiger charge is -2.38. The third kappa shape index (κ3) is 3.28. The number of nitrogens with two attached hydrogens (primary N) is 1. The van der Waals surface area contributed by atoms with Crippen LogP contribution in [0.15, 0.2) is 18.3 Å². The molecule has 2 heterocycles. The van der Waals surface area contributed by atoms with E-state index in [1.807, 2.05) is 11.9 Å². The quantitative estimate of drug-likeness (QED) is 0.911. The van der Waals surface area contributed by atoms with Crippen LogP contribution in [0.3, 0.4) is 0 Å². The van der Waals surface area contributed by atoms with Gasteiger partial charge in [-0.15, -0.1) is 0 Å². The molecule has 2 rings (SSSR count). The van der Waals surface area contributed by atoms with Crippen LogP contribution in [-0.4, -0.2) is 52.9 Å². The van der Waals surface area contributed by atoms with E-state index in [9.17, 15) is 4.79 Å². The summed E-state index contributed by atoms with van der Waals surface area (Å²) in [6, 6.07) is 4.29. The van der Waals surface area contributed by atoms with Crippen LogP contribution in [0.2, 0.25) is 0 Å². The Hall–Kier alpha value is -1.62. The van der Waals surface area contributed by atoms with E-state index in [-0.39, 0.29) is 5.91 Å². The van der Waals surface area contributed by atoms with Gasteiger partial charge in [0.15, 0.2) is 0 Å². The molecule has 0 radical (unpaired) electrons. The summed E-state index contributed by atoms with van der Waals surface area (Å²) in [5.74, 6) is -0.0204. The number of piperidine rings is 1. The molecule has 1 aromatic heterocycles. The van der Waals surface area contributed by atoms with E-state index in [1.54, 1.807) is 12.1 Å². The minimum atomic E-state index is -0.0204. The second-order valence-corrected chi connectivity index (χ2v) is 5.75. The molecular formula is C15H24N4O. The molecule has 5 heteroatoms. The van der Waals surface area contributed by atoms with Crippen molar-refractivity contribution in [2.24, 2.45) is 0 Å². The van der Waals surface area contributed by atoms with Crippen molar-refractivity contribution in [3.8, 4) is 0 Å². The number of rotatable bonds is 3. The molecule has 0 spiro atoms. The van der Waals surface area contributed by atoms with Crippen LogP contribution >= 0.6 is 0 Å². The van der Waals surface area contributed by atoms with Gasteiger partial charge in [-0.2, -0.15) is 0 Å². The van der Waals surface area contributed by atoms with Crippen LogP contribution in [0.5, 0.6) is 0 Å². The van der Waals surface area contributed by atoms with Gasteiger partial charge in [0.1, 0.15) is 5.69 Å². The predicted molar refractivity (Wildman–Crippen MR) is 80.5 cm³/mol. The molecule has 0 bridgehead atoms. The Morgan fingerprint density at radius 2 is 2.05 bits per heavy atom. The van der Waals surface area contributed by atoms with Gasteiger partial charge in [0, 0.05) is 32.2 Å². The van der Waals surface area contributed by atoms with Crippen molar-refractivity contribution in [2.75, 3.05) is 25.9 Å². The van der Waals surface area contributed by atoms with E-state index in [4.69, 9.17) is 5.73 Å². The summed E-state index contributed by atoms with van der Waals surface area (Å²) in [6.07, 6.45) is 3.58. The minimum Gasteiger partial charge on any atom is -0.397 e. The Kier molecular flexibility index (Phi) is 4.60. The Morgan fingerprint density at radius 3 is 2.55 bits per heavy atom. The molecule has 0 atom stereocenters. The molecule has 110 valence electrons. The van der Waals surface area contributed by atoms with Crippen LogP contribution in [0.25, 0.3) is 0 Å². The molecule has 0 unspecified atom stereocenters. The third-order valence-corrected chi connectivity index (χ3v) is 4.10. The van der Waals surface area contributed by atoms with Crippen molar-refractivity contribution < 1.29 is 4.79 Å². The number of likely N-dealkylation sites (tertiary alicyclic amines) is 1. The summed E-state index contributed by atoms with van der Waals surface area (Å²) in [4.78, 5) is 20.8. The summed E-state index contributed by atoms with van der Waals surface area (Å²) in [5, 5.41) is 0. The molecule has 1 aliphatic rings. The van der Waals surface area contributed by atoms with Gasteiger partial charge in [0.05, 0.1) is 11.9 Å². The fourth-order valence-corrected chi connectivity index (χ4v) is 2.67. The van der Waals surface area contributed by atoms with Gasteiger partial charge in [-0.05, 0) is 38.8 Å². The maximum Gasteiger partial charge on any atom is 0.272 e. The molecule has 0 aliphatic carbocycles. The molecular weight excluding hydrogens is 252 g/mol. The van der Waals surface area contributed by atoms with E-state index < -0.39 is 0 Å². The maximum absolute atomic E-state index is 12.4. The zero-order valence-corrected chi connectivity index (χ0v) is 12.5. The number of pyridine rings is 1. The Balaban J connectivity index is 1.96. The fourth-order valence-electron chi connectivity index (χ4n) is 2.67. The molecule has 1 fully saturated rings. The summed E-state index contributed by atoms with van der Waals surface area (Å²) in [5.41, 5.74) is 6.64. The highest BCUT2D eigenvalue weighted by Crippen LogP contribution is 2.18. The smallest absolute Gasteiger partial charge is 0.272 e. The normalized spacial score (nSPS) is 17.4. The molecule has 0 aromatic carbocycles. The fraction of sp³-hybridized carbons (Fsp3) is 0.600. The van der Waals surface area contributed by atoms with E-state index >= 15 is 0 Å². The largest absolute Gasteiger partial charge is 0.397 e. The lowest BCUT2D eigenvalue weighted by molar-refractivity contribution is 0.0610. The summed E-state index contributed by atoms with van der Waals surface area (Å²) in [6.45, 7) is 6.53. The van der Waals surface area contributed by atoms with Crippen LogP contribution in [0.4, 0.5) is 5.69 Å². The Morgan fingerprint density at radius 1 is 1.40 bits per heavy atom.